The molecule has 0 fully saturated rings. The van der Waals surface area contributed by atoms with Crippen LogP contribution in [-0.2, 0) is 12.8 Å². The minimum atomic E-state index is -1.19. The zero-order valence-electron chi connectivity index (χ0n) is 24.7. The maximum Gasteiger partial charge on any atom is 0.161 e. The Kier molecular flexibility index (Phi) is 14.1. The first-order valence-corrected chi connectivity index (χ1v) is 15.3. The van der Waals surface area contributed by atoms with E-state index in [1.807, 2.05) is 24.4 Å². The summed E-state index contributed by atoms with van der Waals surface area (Å²) in [5, 5.41) is 51.9. The first-order valence-electron chi connectivity index (χ1n) is 15.3. The first-order chi connectivity index (χ1) is 20.3. The Labute approximate surface area is 249 Å². The molecule has 1 aromatic carbocycles. The summed E-state index contributed by atoms with van der Waals surface area (Å²) in [7, 11) is 0. The molecule has 0 unspecified atom stereocenters. The number of phenols is 1. The molecule has 0 spiro atoms. The van der Waals surface area contributed by atoms with Gasteiger partial charge in [-0.2, -0.15) is 0 Å². The molecular formula is C33H49N3O6. The third-order valence-corrected chi connectivity index (χ3v) is 7.79. The minimum absolute atomic E-state index is 0.0815. The van der Waals surface area contributed by atoms with Gasteiger partial charge in [0.25, 0.3) is 0 Å². The number of nitrogens with one attached hydrogen (secondary N) is 1. The lowest BCUT2D eigenvalue weighted by Gasteiger charge is -2.28. The molecule has 3 rings (SSSR count). The second-order valence-corrected chi connectivity index (χ2v) is 11.3. The molecule has 8 N–H and O–H groups in total. The average molecular weight is 584 g/mol. The van der Waals surface area contributed by atoms with Crippen molar-refractivity contribution in [3.63, 3.8) is 0 Å². The lowest BCUT2D eigenvalue weighted by atomic mass is 9.88. The molecule has 0 aliphatic rings. The van der Waals surface area contributed by atoms with Gasteiger partial charge in [0.05, 0.1) is 18.8 Å². The van der Waals surface area contributed by atoms with Crippen molar-refractivity contribution < 1.29 is 30.3 Å². The van der Waals surface area contributed by atoms with Crippen LogP contribution in [0.2, 0.25) is 0 Å². The van der Waals surface area contributed by atoms with Crippen LogP contribution in [0.3, 0.4) is 0 Å². The highest BCUT2D eigenvalue weighted by Crippen LogP contribution is 2.33. The van der Waals surface area contributed by atoms with Gasteiger partial charge >= 0.3 is 0 Å². The van der Waals surface area contributed by atoms with E-state index in [-0.39, 0.29) is 17.4 Å². The molecule has 0 aliphatic heterocycles. The van der Waals surface area contributed by atoms with Gasteiger partial charge in [-0.05, 0) is 92.0 Å². The summed E-state index contributed by atoms with van der Waals surface area (Å²) in [6, 6.07) is 12.6. The number of aliphatic hydroxyl groups excluding tert-OH is 4. The van der Waals surface area contributed by atoms with Crippen molar-refractivity contribution in [1.82, 2.24) is 9.97 Å². The van der Waals surface area contributed by atoms with Crippen molar-refractivity contribution >= 4 is 5.82 Å². The van der Waals surface area contributed by atoms with Crippen LogP contribution in [-0.4, -0.2) is 66.5 Å². The van der Waals surface area contributed by atoms with E-state index in [0.717, 1.165) is 29.7 Å². The lowest BCUT2D eigenvalue weighted by Crippen LogP contribution is -2.36. The number of aryl methyl sites for hydroxylation is 1. The van der Waals surface area contributed by atoms with Gasteiger partial charge in [0, 0.05) is 18.1 Å². The van der Waals surface area contributed by atoms with Gasteiger partial charge in [-0.25, -0.2) is 4.98 Å². The van der Waals surface area contributed by atoms with Crippen LogP contribution in [0.1, 0.15) is 87.4 Å². The number of hydrogen-bond donors (Lipinski definition) is 7. The molecule has 0 saturated heterocycles. The molecule has 0 aliphatic carbocycles. The van der Waals surface area contributed by atoms with Crippen molar-refractivity contribution in [3.8, 4) is 11.5 Å². The molecule has 9 nitrogen and oxygen atoms in total. The Morgan fingerprint density at radius 1 is 0.952 bits per heavy atom. The molecule has 3 aromatic rings. The van der Waals surface area contributed by atoms with Crippen LogP contribution in [0.4, 0.5) is 5.82 Å². The van der Waals surface area contributed by atoms with Crippen LogP contribution in [0.5, 0.6) is 11.5 Å². The van der Waals surface area contributed by atoms with Gasteiger partial charge in [0.1, 0.15) is 18.0 Å². The third-order valence-electron chi connectivity index (χ3n) is 7.79. The van der Waals surface area contributed by atoms with E-state index < -0.39 is 31.0 Å². The van der Waals surface area contributed by atoms with E-state index in [9.17, 15) is 25.5 Å². The van der Waals surface area contributed by atoms with E-state index >= 15 is 0 Å². The smallest absolute Gasteiger partial charge is 0.161 e. The number of phenolic OH excluding ortho intramolecular Hbond substituents is 1. The Morgan fingerprint density at radius 3 is 2.45 bits per heavy atom. The highest BCUT2D eigenvalue weighted by Gasteiger charge is 2.27. The Balaban J connectivity index is 1.64. The summed E-state index contributed by atoms with van der Waals surface area (Å²) in [5.41, 5.74) is 8.72. The van der Waals surface area contributed by atoms with Crippen LogP contribution >= 0.6 is 0 Å². The molecule has 232 valence electrons. The molecule has 42 heavy (non-hydrogen) atoms. The van der Waals surface area contributed by atoms with Crippen molar-refractivity contribution in [2.24, 2.45) is 0 Å². The summed E-state index contributed by atoms with van der Waals surface area (Å²) in [5.74, 6) is 0.372. The van der Waals surface area contributed by atoms with Gasteiger partial charge in [-0.1, -0.05) is 45.1 Å². The average Bonchev–Trinajstić information content (AvgIpc) is 3.49. The summed E-state index contributed by atoms with van der Waals surface area (Å²) in [4.78, 5) is 7.30. The van der Waals surface area contributed by atoms with Crippen LogP contribution in [0, 0.1) is 0 Å². The number of ether oxygens (including phenoxy) is 1. The standard InChI is InChI=1S/C33H49N3O6/c1-2-3-4-5-6-9-27(38)21-28(39)12-10-23-11-13-29(40)31(17-23)42-32(30(41)22-37)19-25(18-26-8-7-15-35-26)24-14-16-36-33(34)20-24/h7-8,11,13-17,20,25,27-28,30,32,35,37-41H,2-6,9-10,12,18-19,21-22H2,1H3,(H2,34,36)/t25-,27-,28+,30+,32+/m0/s1. The maximum absolute atomic E-state index is 10.7. The fourth-order valence-corrected chi connectivity index (χ4v) is 5.34. The molecule has 0 amide bonds. The number of nitrogen functional groups attached to an aromatic ring is 1. The minimum Gasteiger partial charge on any atom is -0.504 e. The normalized spacial score (nSPS) is 15.2. The van der Waals surface area contributed by atoms with E-state index in [0.29, 0.717) is 44.3 Å². The van der Waals surface area contributed by atoms with Gasteiger partial charge in [-0.3, -0.25) is 0 Å². The van der Waals surface area contributed by atoms with E-state index in [2.05, 4.69) is 16.9 Å². The Bertz CT molecular complexity index is 1160. The van der Waals surface area contributed by atoms with Gasteiger partial charge in [-0.15, -0.1) is 0 Å². The third kappa shape index (κ3) is 11.3. The summed E-state index contributed by atoms with van der Waals surface area (Å²) < 4.78 is 6.16. The monoisotopic (exact) mass is 583 g/mol. The zero-order valence-corrected chi connectivity index (χ0v) is 24.7. The molecule has 0 radical (unpaired) electrons. The lowest BCUT2D eigenvalue weighted by molar-refractivity contribution is -0.00839. The number of pyridine rings is 1. The van der Waals surface area contributed by atoms with Crippen molar-refractivity contribution in [3.05, 3.63) is 71.7 Å². The van der Waals surface area contributed by atoms with Gasteiger partial charge in [0.2, 0.25) is 0 Å². The second-order valence-electron chi connectivity index (χ2n) is 11.3. The predicted octanol–water partition coefficient (Wildman–Crippen LogP) is 4.62. The second kappa shape index (κ2) is 17.8. The first kappa shape index (κ1) is 33.4. The molecular weight excluding hydrogens is 534 g/mol. The predicted molar refractivity (Wildman–Crippen MR) is 164 cm³/mol. The number of anilines is 1. The highest BCUT2D eigenvalue weighted by atomic mass is 16.5. The quantitative estimate of drug-likeness (QED) is 0.0947. The summed E-state index contributed by atoms with van der Waals surface area (Å²) >= 11 is 0. The van der Waals surface area contributed by atoms with Crippen molar-refractivity contribution in [1.29, 1.82) is 0 Å². The zero-order chi connectivity index (χ0) is 30.3. The highest BCUT2D eigenvalue weighted by molar-refractivity contribution is 5.42. The van der Waals surface area contributed by atoms with E-state index in [1.54, 1.807) is 24.4 Å². The molecule has 9 heteroatoms. The largest absolute Gasteiger partial charge is 0.504 e. The topological polar surface area (TPSA) is 165 Å². The number of hydrogen-bond acceptors (Lipinski definition) is 8. The van der Waals surface area contributed by atoms with Gasteiger partial charge in [0.15, 0.2) is 11.5 Å². The molecule has 2 aromatic heterocycles. The number of rotatable bonds is 20. The SMILES string of the molecule is CCCCCCC[C@H](O)C[C@H](O)CCc1ccc(O)c(O[C@H](C[C@H](Cc2ccc[nH]2)c2ccnc(N)c2)[C@H](O)CO)c1. The molecule has 0 saturated carbocycles. The number of H-pyrrole nitrogens is 1. The van der Waals surface area contributed by atoms with Crippen molar-refractivity contribution in [2.75, 3.05) is 12.3 Å². The van der Waals surface area contributed by atoms with Crippen molar-refractivity contribution in [2.45, 2.75) is 108 Å². The number of aromatic amines is 1. The number of aliphatic hydroxyl groups is 4. The fraction of sp³-hybridized carbons (Fsp3) is 0.545. The summed E-state index contributed by atoms with van der Waals surface area (Å²) in [6.45, 7) is 1.67. The Morgan fingerprint density at radius 2 is 1.74 bits per heavy atom. The number of nitrogens with two attached hydrogens (primary N) is 1. The van der Waals surface area contributed by atoms with Crippen LogP contribution in [0.25, 0.3) is 0 Å². The summed E-state index contributed by atoms with van der Waals surface area (Å²) in [6.07, 6.45) is 8.93. The number of aromatic nitrogens is 2. The molecule has 0 bridgehead atoms. The van der Waals surface area contributed by atoms with E-state index in [1.165, 1.54) is 25.3 Å². The number of aromatic hydroxyl groups is 1. The van der Waals surface area contributed by atoms with Crippen LogP contribution < -0.4 is 10.5 Å². The number of nitrogens with zero attached hydrogens (tertiary/aromatic N) is 1. The fourth-order valence-electron chi connectivity index (χ4n) is 5.34. The maximum atomic E-state index is 10.7. The van der Waals surface area contributed by atoms with Crippen LogP contribution in [0.15, 0.2) is 54.9 Å². The van der Waals surface area contributed by atoms with Gasteiger partial charge < -0.3 is 41.0 Å². The molecule has 2 heterocycles. The van der Waals surface area contributed by atoms with E-state index in [4.69, 9.17) is 10.5 Å². The Hall–Kier alpha value is -3.11. The number of unbranched alkanes of at least 4 members (excludes halogenated alkanes) is 4. The number of benzene rings is 1. The molecule has 5 atom stereocenters.